The summed E-state index contributed by atoms with van der Waals surface area (Å²) < 4.78 is 1.82. The third-order valence-corrected chi connectivity index (χ3v) is 7.58. The normalized spacial score (nSPS) is 17.0. The maximum atomic E-state index is 13.4. The molecule has 212 valence electrons. The average Bonchev–Trinajstić information content (AvgIpc) is 3.39. The van der Waals surface area contributed by atoms with Crippen LogP contribution in [0.3, 0.4) is 0 Å². The van der Waals surface area contributed by atoms with E-state index in [-0.39, 0.29) is 30.3 Å². The van der Waals surface area contributed by atoms with Crippen LogP contribution in [-0.4, -0.2) is 61.8 Å². The molecule has 1 fully saturated rings. The molecule has 2 aromatic carbocycles. The number of benzene rings is 2. The summed E-state index contributed by atoms with van der Waals surface area (Å²) in [4.78, 5) is 32.1. The molecule has 5 rings (SSSR count). The number of piperidine rings is 1. The van der Waals surface area contributed by atoms with Gasteiger partial charge in [0.2, 0.25) is 0 Å². The van der Waals surface area contributed by atoms with Crippen molar-refractivity contribution in [3.63, 3.8) is 0 Å². The average molecular weight is 573 g/mol. The van der Waals surface area contributed by atoms with Gasteiger partial charge in [0.1, 0.15) is 5.82 Å². The lowest BCUT2D eigenvalue weighted by molar-refractivity contribution is 0.0382. The summed E-state index contributed by atoms with van der Waals surface area (Å²) in [6, 6.07) is 18.5. The number of pyridine rings is 1. The SMILES string of the molecule is CC(C)Nc1ccc(C(=O)Nc2cc(C(=O)N3CC[C@H](c4ccc(-c5ccnn5C)cc4)[C@@H](O)C3)ccc2Cl)cn1. The van der Waals surface area contributed by atoms with E-state index in [0.717, 1.165) is 16.8 Å². The smallest absolute Gasteiger partial charge is 0.257 e. The Hall–Kier alpha value is -4.21. The van der Waals surface area contributed by atoms with Crippen LogP contribution in [0.2, 0.25) is 5.02 Å². The number of aliphatic hydroxyl groups excluding tert-OH is 1. The minimum Gasteiger partial charge on any atom is -0.391 e. The lowest BCUT2D eigenvalue weighted by atomic mass is 9.86. The van der Waals surface area contributed by atoms with E-state index in [0.29, 0.717) is 40.6 Å². The van der Waals surface area contributed by atoms with Crippen LogP contribution in [0, 0.1) is 0 Å². The molecule has 3 heterocycles. The van der Waals surface area contributed by atoms with E-state index in [1.165, 1.54) is 6.20 Å². The molecule has 9 nitrogen and oxygen atoms in total. The van der Waals surface area contributed by atoms with Crippen LogP contribution < -0.4 is 10.6 Å². The number of β-amino-alcohol motifs (C(OH)–C–C–N with tert-alkyl or cyclic N) is 1. The zero-order chi connectivity index (χ0) is 29.1. The largest absolute Gasteiger partial charge is 0.391 e. The molecule has 0 spiro atoms. The molecule has 1 aliphatic heterocycles. The minimum atomic E-state index is -0.706. The number of carbonyl (C=O) groups excluding carboxylic acids is 2. The molecular weight excluding hydrogens is 540 g/mol. The highest BCUT2D eigenvalue weighted by atomic mass is 35.5. The first kappa shape index (κ1) is 28.3. The van der Waals surface area contributed by atoms with Crippen molar-refractivity contribution in [2.24, 2.45) is 7.05 Å². The Morgan fingerprint density at radius 1 is 1.05 bits per heavy atom. The summed E-state index contributed by atoms with van der Waals surface area (Å²) >= 11 is 6.35. The van der Waals surface area contributed by atoms with Crippen LogP contribution in [0.4, 0.5) is 11.5 Å². The molecule has 0 bridgehead atoms. The van der Waals surface area contributed by atoms with Gasteiger partial charge in [-0.1, -0.05) is 35.9 Å². The quantitative estimate of drug-likeness (QED) is 0.281. The van der Waals surface area contributed by atoms with E-state index in [1.807, 2.05) is 55.9 Å². The van der Waals surface area contributed by atoms with Gasteiger partial charge in [0.25, 0.3) is 11.8 Å². The number of aryl methyl sites for hydroxylation is 1. The van der Waals surface area contributed by atoms with Crippen molar-refractivity contribution in [3.05, 3.63) is 94.8 Å². The van der Waals surface area contributed by atoms with Crippen molar-refractivity contribution in [1.82, 2.24) is 19.7 Å². The lowest BCUT2D eigenvalue weighted by Gasteiger charge is -2.36. The predicted octanol–water partition coefficient (Wildman–Crippen LogP) is 5.20. The molecule has 2 aromatic heterocycles. The van der Waals surface area contributed by atoms with Gasteiger partial charge in [0.15, 0.2) is 0 Å². The number of halogens is 1. The van der Waals surface area contributed by atoms with Crippen LogP contribution in [0.1, 0.15) is 52.5 Å². The second-order valence-electron chi connectivity index (χ2n) is 10.6. The summed E-state index contributed by atoms with van der Waals surface area (Å²) in [5, 5.41) is 21.5. The number of likely N-dealkylation sites (tertiary alicyclic amines) is 1. The zero-order valence-corrected chi connectivity index (χ0v) is 24.0. The lowest BCUT2D eigenvalue weighted by Crippen LogP contribution is -2.45. The van der Waals surface area contributed by atoms with Gasteiger partial charge in [-0.2, -0.15) is 5.10 Å². The van der Waals surface area contributed by atoms with E-state index >= 15 is 0 Å². The van der Waals surface area contributed by atoms with E-state index < -0.39 is 6.10 Å². The number of carbonyl (C=O) groups is 2. The zero-order valence-electron chi connectivity index (χ0n) is 23.2. The highest BCUT2D eigenvalue weighted by molar-refractivity contribution is 6.34. The third-order valence-electron chi connectivity index (χ3n) is 7.25. The Bertz CT molecular complexity index is 1530. The molecule has 0 radical (unpaired) electrons. The van der Waals surface area contributed by atoms with Gasteiger partial charge in [-0.05, 0) is 67.8 Å². The number of hydrogen-bond donors (Lipinski definition) is 3. The van der Waals surface area contributed by atoms with Crippen molar-refractivity contribution in [1.29, 1.82) is 0 Å². The Kier molecular flexibility index (Phi) is 8.37. The van der Waals surface area contributed by atoms with Crippen molar-refractivity contribution in [2.45, 2.75) is 38.3 Å². The molecule has 10 heteroatoms. The first-order valence-electron chi connectivity index (χ1n) is 13.6. The number of nitrogens with zero attached hydrogens (tertiary/aromatic N) is 4. The summed E-state index contributed by atoms with van der Waals surface area (Å²) in [6.45, 7) is 4.71. The van der Waals surface area contributed by atoms with Crippen molar-refractivity contribution < 1.29 is 14.7 Å². The topological polar surface area (TPSA) is 112 Å². The van der Waals surface area contributed by atoms with Crippen LogP contribution in [0.25, 0.3) is 11.3 Å². The van der Waals surface area contributed by atoms with Crippen LogP contribution in [-0.2, 0) is 7.05 Å². The van der Waals surface area contributed by atoms with Gasteiger partial charge in [0, 0.05) is 50.1 Å². The maximum absolute atomic E-state index is 13.4. The molecule has 1 aliphatic rings. The number of aliphatic hydroxyl groups is 1. The second kappa shape index (κ2) is 12.1. The molecule has 1 saturated heterocycles. The van der Waals surface area contributed by atoms with Crippen LogP contribution >= 0.6 is 11.6 Å². The Labute approximate surface area is 244 Å². The highest BCUT2D eigenvalue weighted by Crippen LogP contribution is 2.32. The van der Waals surface area contributed by atoms with Crippen LogP contribution in [0.15, 0.2) is 73.1 Å². The second-order valence-corrected chi connectivity index (χ2v) is 11.0. The standard InChI is InChI=1S/C31H33ClN6O3/c1-19(2)35-29-11-9-23(17-33-29)30(40)36-26-16-22(8-10-25(26)32)31(41)38-15-13-24(28(39)18-38)20-4-6-21(7-5-20)27-12-14-34-37(27)3/h4-12,14,16-17,19,24,28,39H,13,15,18H2,1-3H3,(H,33,35)(H,36,40)/t24-,28+/m1/s1. The van der Waals surface area contributed by atoms with Gasteiger partial charge in [-0.3, -0.25) is 14.3 Å². The Morgan fingerprint density at radius 2 is 1.80 bits per heavy atom. The monoisotopic (exact) mass is 572 g/mol. The van der Waals surface area contributed by atoms with E-state index in [1.54, 1.807) is 41.4 Å². The van der Waals surface area contributed by atoms with E-state index in [9.17, 15) is 14.7 Å². The van der Waals surface area contributed by atoms with Gasteiger partial charge < -0.3 is 20.6 Å². The molecule has 0 saturated carbocycles. The molecule has 3 N–H and O–H groups in total. The molecule has 0 aliphatic carbocycles. The Morgan fingerprint density at radius 3 is 2.44 bits per heavy atom. The fourth-order valence-corrected chi connectivity index (χ4v) is 5.27. The maximum Gasteiger partial charge on any atom is 0.257 e. The fourth-order valence-electron chi connectivity index (χ4n) is 5.10. The van der Waals surface area contributed by atoms with E-state index in [4.69, 9.17) is 11.6 Å². The highest BCUT2D eigenvalue weighted by Gasteiger charge is 2.32. The first-order valence-corrected chi connectivity index (χ1v) is 14.0. The van der Waals surface area contributed by atoms with Crippen molar-refractivity contribution in [2.75, 3.05) is 23.7 Å². The minimum absolute atomic E-state index is 0.0737. The van der Waals surface area contributed by atoms with Crippen molar-refractivity contribution in [3.8, 4) is 11.3 Å². The molecular formula is C31H33ClN6O3. The van der Waals surface area contributed by atoms with Crippen LogP contribution in [0.5, 0.6) is 0 Å². The van der Waals surface area contributed by atoms with Gasteiger partial charge in [-0.25, -0.2) is 4.98 Å². The molecule has 41 heavy (non-hydrogen) atoms. The van der Waals surface area contributed by atoms with E-state index in [2.05, 4.69) is 20.7 Å². The van der Waals surface area contributed by atoms with Gasteiger partial charge in [-0.15, -0.1) is 0 Å². The summed E-state index contributed by atoms with van der Waals surface area (Å²) in [5.74, 6) is -0.0111. The number of rotatable bonds is 7. The first-order chi connectivity index (χ1) is 19.7. The molecule has 0 unspecified atom stereocenters. The molecule has 2 atom stereocenters. The number of nitrogens with one attached hydrogen (secondary N) is 2. The summed E-state index contributed by atoms with van der Waals surface area (Å²) in [5.41, 5.74) is 4.18. The summed E-state index contributed by atoms with van der Waals surface area (Å²) in [6.07, 6.45) is 3.17. The number of hydrogen-bond acceptors (Lipinski definition) is 6. The number of amides is 2. The number of aromatic nitrogens is 3. The van der Waals surface area contributed by atoms with Gasteiger partial charge in [0.05, 0.1) is 28.1 Å². The van der Waals surface area contributed by atoms with Crippen molar-refractivity contribution >= 4 is 34.9 Å². The fraction of sp³-hybridized carbons (Fsp3) is 0.290. The molecule has 4 aromatic rings. The van der Waals surface area contributed by atoms with Gasteiger partial charge >= 0.3 is 0 Å². The molecule has 2 amide bonds. The summed E-state index contributed by atoms with van der Waals surface area (Å²) in [7, 11) is 1.90. The Balaban J connectivity index is 1.23. The number of anilines is 2. The predicted molar refractivity (Wildman–Crippen MR) is 160 cm³/mol. The third kappa shape index (κ3) is 6.42.